The normalized spacial score (nSPS) is 27.8. The molecule has 1 N–H and O–H groups in total. The Bertz CT molecular complexity index is 485. The quantitative estimate of drug-likeness (QED) is 0.903. The molecule has 2 aliphatic rings. The van der Waals surface area contributed by atoms with Gasteiger partial charge in [0.2, 0.25) is 0 Å². The molecule has 2 nitrogen and oxygen atoms in total. The van der Waals surface area contributed by atoms with Gasteiger partial charge in [0, 0.05) is 24.7 Å². The molecule has 1 saturated heterocycles. The highest BCUT2D eigenvalue weighted by Gasteiger charge is 2.39. The molecule has 104 valence electrons. The van der Waals surface area contributed by atoms with Crippen LogP contribution in [0.2, 0.25) is 0 Å². The number of hydrogen-bond donors (Lipinski definition) is 1. The van der Waals surface area contributed by atoms with E-state index in [0.717, 1.165) is 13.0 Å². The SMILES string of the molecule is Cc1ccc(F)c(NC2CC(C)N(C3CC3)C2)c1F. The van der Waals surface area contributed by atoms with E-state index in [4.69, 9.17) is 0 Å². The zero-order valence-electron chi connectivity index (χ0n) is 11.4. The summed E-state index contributed by atoms with van der Waals surface area (Å²) in [6.45, 7) is 4.75. The molecule has 1 heterocycles. The molecule has 1 saturated carbocycles. The molecule has 2 fully saturated rings. The number of halogens is 2. The molecule has 1 aliphatic carbocycles. The summed E-state index contributed by atoms with van der Waals surface area (Å²) < 4.78 is 27.7. The molecule has 1 aromatic carbocycles. The predicted octanol–water partition coefficient (Wildman–Crippen LogP) is 3.31. The van der Waals surface area contributed by atoms with Crippen LogP contribution in [-0.4, -0.2) is 29.6 Å². The molecule has 0 radical (unpaired) electrons. The third-order valence-corrected chi connectivity index (χ3v) is 4.27. The van der Waals surface area contributed by atoms with Gasteiger partial charge >= 0.3 is 0 Å². The predicted molar refractivity (Wildman–Crippen MR) is 72.3 cm³/mol. The van der Waals surface area contributed by atoms with E-state index in [-0.39, 0.29) is 11.7 Å². The molecular formula is C15H20F2N2. The van der Waals surface area contributed by atoms with Crippen LogP contribution in [0.5, 0.6) is 0 Å². The van der Waals surface area contributed by atoms with Crippen LogP contribution in [0.15, 0.2) is 12.1 Å². The Labute approximate surface area is 112 Å². The number of nitrogens with one attached hydrogen (secondary N) is 1. The lowest BCUT2D eigenvalue weighted by molar-refractivity contribution is 0.257. The van der Waals surface area contributed by atoms with Crippen molar-refractivity contribution in [1.29, 1.82) is 0 Å². The smallest absolute Gasteiger partial charge is 0.152 e. The van der Waals surface area contributed by atoms with E-state index in [1.54, 1.807) is 6.92 Å². The van der Waals surface area contributed by atoms with Crippen LogP contribution in [0, 0.1) is 18.6 Å². The van der Waals surface area contributed by atoms with Gasteiger partial charge in [-0.2, -0.15) is 0 Å². The number of aryl methyl sites for hydroxylation is 1. The second-order valence-electron chi connectivity index (χ2n) is 5.91. The molecule has 19 heavy (non-hydrogen) atoms. The second kappa shape index (κ2) is 4.75. The van der Waals surface area contributed by atoms with Gasteiger partial charge in [-0.15, -0.1) is 0 Å². The van der Waals surface area contributed by atoms with E-state index < -0.39 is 11.6 Å². The van der Waals surface area contributed by atoms with Crippen LogP contribution >= 0.6 is 0 Å². The Hall–Kier alpha value is -1.16. The molecule has 0 bridgehead atoms. The Balaban J connectivity index is 1.74. The number of nitrogens with zero attached hydrogens (tertiary/aromatic N) is 1. The highest BCUT2D eigenvalue weighted by atomic mass is 19.1. The van der Waals surface area contributed by atoms with Crippen molar-refractivity contribution in [3.8, 4) is 0 Å². The average Bonchev–Trinajstić information content (AvgIpc) is 3.15. The zero-order chi connectivity index (χ0) is 13.6. The van der Waals surface area contributed by atoms with E-state index >= 15 is 0 Å². The zero-order valence-corrected chi connectivity index (χ0v) is 11.4. The Kier molecular flexibility index (Phi) is 3.21. The van der Waals surface area contributed by atoms with Gasteiger partial charge < -0.3 is 5.32 Å². The fourth-order valence-corrected chi connectivity index (χ4v) is 3.07. The van der Waals surface area contributed by atoms with Gasteiger partial charge in [0.1, 0.15) is 11.5 Å². The van der Waals surface area contributed by atoms with Crippen LogP contribution in [-0.2, 0) is 0 Å². The van der Waals surface area contributed by atoms with Crippen molar-refractivity contribution in [2.45, 2.75) is 51.2 Å². The molecular weight excluding hydrogens is 246 g/mol. The number of likely N-dealkylation sites (tertiary alicyclic amines) is 1. The minimum Gasteiger partial charge on any atom is -0.376 e. The van der Waals surface area contributed by atoms with E-state index in [0.29, 0.717) is 17.6 Å². The summed E-state index contributed by atoms with van der Waals surface area (Å²) in [5.41, 5.74) is 0.517. The maximum atomic E-state index is 14.0. The van der Waals surface area contributed by atoms with Crippen molar-refractivity contribution < 1.29 is 8.78 Å². The van der Waals surface area contributed by atoms with Crippen molar-refractivity contribution in [2.24, 2.45) is 0 Å². The lowest BCUT2D eigenvalue weighted by Gasteiger charge is -2.20. The maximum Gasteiger partial charge on any atom is 0.152 e. The maximum absolute atomic E-state index is 14.0. The summed E-state index contributed by atoms with van der Waals surface area (Å²) in [7, 11) is 0. The molecule has 1 aliphatic heterocycles. The largest absolute Gasteiger partial charge is 0.376 e. The molecule has 4 heteroatoms. The summed E-state index contributed by atoms with van der Waals surface area (Å²) in [4.78, 5) is 2.46. The van der Waals surface area contributed by atoms with Crippen LogP contribution in [0.25, 0.3) is 0 Å². The lowest BCUT2D eigenvalue weighted by Crippen LogP contribution is -2.31. The Morgan fingerprint density at radius 3 is 2.68 bits per heavy atom. The van der Waals surface area contributed by atoms with Crippen molar-refractivity contribution in [3.63, 3.8) is 0 Å². The van der Waals surface area contributed by atoms with Crippen molar-refractivity contribution in [3.05, 3.63) is 29.3 Å². The van der Waals surface area contributed by atoms with E-state index in [9.17, 15) is 8.78 Å². The van der Waals surface area contributed by atoms with Crippen LogP contribution in [0.3, 0.4) is 0 Å². The lowest BCUT2D eigenvalue weighted by atomic mass is 10.1. The third kappa shape index (κ3) is 2.46. The fraction of sp³-hybridized carbons (Fsp3) is 0.600. The molecule has 0 spiro atoms. The van der Waals surface area contributed by atoms with Crippen LogP contribution in [0.1, 0.15) is 31.7 Å². The molecule has 3 rings (SSSR count). The summed E-state index contributed by atoms with van der Waals surface area (Å²) in [6.07, 6.45) is 3.48. The van der Waals surface area contributed by atoms with Crippen molar-refractivity contribution in [1.82, 2.24) is 4.90 Å². The summed E-state index contributed by atoms with van der Waals surface area (Å²) in [5, 5.41) is 3.07. The van der Waals surface area contributed by atoms with Gasteiger partial charge in [-0.25, -0.2) is 8.78 Å². The minimum absolute atomic E-state index is 0.0369. The van der Waals surface area contributed by atoms with E-state index in [1.807, 2.05) is 0 Å². The van der Waals surface area contributed by atoms with E-state index in [2.05, 4.69) is 17.1 Å². The van der Waals surface area contributed by atoms with Crippen LogP contribution in [0.4, 0.5) is 14.5 Å². The summed E-state index contributed by atoms with van der Waals surface area (Å²) in [5.74, 6) is -0.960. The van der Waals surface area contributed by atoms with Gasteiger partial charge in [0.05, 0.1) is 0 Å². The number of anilines is 1. The first-order valence-corrected chi connectivity index (χ1v) is 7.03. The first-order chi connectivity index (χ1) is 9.06. The average molecular weight is 266 g/mol. The van der Waals surface area contributed by atoms with Gasteiger partial charge in [0.25, 0.3) is 0 Å². The monoisotopic (exact) mass is 266 g/mol. The van der Waals surface area contributed by atoms with Gasteiger partial charge in [0.15, 0.2) is 5.82 Å². The third-order valence-electron chi connectivity index (χ3n) is 4.27. The Morgan fingerprint density at radius 2 is 2.00 bits per heavy atom. The number of hydrogen-bond acceptors (Lipinski definition) is 2. The van der Waals surface area contributed by atoms with Gasteiger partial charge in [-0.3, -0.25) is 4.90 Å². The van der Waals surface area contributed by atoms with Crippen molar-refractivity contribution >= 4 is 5.69 Å². The standard InChI is InChI=1S/C15H20F2N2/c1-9-3-6-13(16)15(14(9)17)18-11-7-10(2)19(8-11)12-4-5-12/h3,6,10-12,18H,4-5,7-8H2,1-2H3. The Morgan fingerprint density at radius 1 is 1.26 bits per heavy atom. The van der Waals surface area contributed by atoms with E-state index in [1.165, 1.54) is 25.0 Å². The van der Waals surface area contributed by atoms with Gasteiger partial charge in [-0.05, 0) is 44.7 Å². The van der Waals surface area contributed by atoms with Crippen LogP contribution < -0.4 is 5.32 Å². The molecule has 0 amide bonds. The highest BCUT2D eigenvalue weighted by Crippen LogP contribution is 2.34. The molecule has 2 unspecified atom stereocenters. The molecule has 0 aromatic heterocycles. The minimum atomic E-state index is -0.499. The fourth-order valence-electron chi connectivity index (χ4n) is 3.07. The number of benzene rings is 1. The van der Waals surface area contributed by atoms with Gasteiger partial charge in [-0.1, -0.05) is 6.07 Å². The topological polar surface area (TPSA) is 15.3 Å². The number of rotatable bonds is 3. The summed E-state index contributed by atoms with van der Waals surface area (Å²) >= 11 is 0. The first-order valence-electron chi connectivity index (χ1n) is 7.03. The molecule has 1 aromatic rings. The highest BCUT2D eigenvalue weighted by molar-refractivity contribution is 5.50. The summed E-state index contributed by atoms with van der Waals surface area (Å²) in [6, 6.07) is 4.15. The molecule has 2 atom stereocenters. The first kappa shape index (κ1) is 12.9. The second-order valence-corrected chi connectivity index (χ2v) is 5.91. The van der Waals surface area contributed by atoms with Crippen molar-refractivity contribution in [2.75, 3.05) is 11.9 Å².